The number of aliphatic carboxylic acids is 1. The van der Waals surface area contributed by atoms with E-state index in [0.29, 0.717) is 17.3 Å². The number of hydrogen-bond donors (Lipinski definition) is 3. The van der Waals surface area contributed by atoms with E-state index in [1.165, 1.54) is 0 Å². The Hall–Kier alpha value is -4.46. The minimum absolute atomic E-state index is 0.0722. The van der Waals surface area contributed by atoms with Crippen molar-refractivity contribution in [2.75, 3.05) is 11.9 Å². The highest BCUT2D eigenvalue weighted by Gasteiger charge is 2.14. The number of anilines is 1. The van der Waals surface area contributed by atoms with Gasteiger partial charge in [0.2, 0.25) is 11.8 Å². The van der Waals surface area contributed by atoms with Crippen molar-refractivity contribution in [2.24, 2.45) is 0 Å². The quantitative estimate of drug-likeness (QED) is 0.221. The molecule has 1 aromatic heterocycles. The van der Waals surface area contributed by atoms with Crippen molar-refractivity contribution in [3.63, 3.8) is 0 Å². The van der Waals surface area contributed by atoms with E-state index in [2.05, 4.69) is 27.8 Å². The molecule has 3 N–H and O–H groups in total. The maximum absolute atomic E-state index is 12.3. The van der Waals surface area contributed by atoms with Gasteiger partial charge in [-0.25, -0.2) is 0 Å². The molecule has 3 aromatic carbocycles. The summed E-state index contributed by atoms with van der Waals surface area (Å²) in [5.41, 5.74) is 4.25. The zero-order chi connectivity index (χ0) is 26.0. The minimum atomic E-state index is -0.942. The molecule has 0 saturated carbocycles. The fourth-order valence-electron chi connectivity index (χ4n) is 3.93. The van der Waals surface area contributed by atoms with Crippen LogP contribution < -0.4 is 10.6 Å². The molecule has 1 heterocycles. The van der Waals surface area contributed by atoms with E-state index in [1.807, 2.05) is 66.7 Å². The summed E-state index contributed by atoms with van der Waals surface area (Å²) in [6, 6.07) is 25.0. The molecule has 1 unspecified atom stereocenters. The summed E-state index contributed by atoms with van der Waals surface area (Å²) < 4.78 is 5.86. The first-order valence-corrected chi connectivity index (χ1v) is 12.4. The molecule has 1 atom stereocenters. The van der Waals surface area contributed by atoms with E-state index in [9.17, 15) is 9.59 Å². The summed E-state index contributed by atoms with van der Waals surface area (Å²) in [4.78, 5) is 22.9. The van der Waals surface area contributed by atoms with Crippen molar-refractivity contribution in [1.29, 1.82) is 0 Å². The summed E-state index contributed by atoms with van der Waals surface area (Å²) in [7, 11) is 0. The highest BCUT2D eigenvalue weighted by Crippen LogP contribution is 2.28. The second-order valence-corrected chi connectivity index (χ2v) is 8.72. The third-order valence-electron chi connectivity index (χ3n) is 5.96. The lowest BCUT2D eigenvalue weighted by Gasteiger charge is -2.21. The predicted octanol–water partition coefficient (Wildman–Crippen LogP) is 5.95. The van der Waals surface area contributed by atoms with Crippen molar-refractivity contribution in [1.82, 2.24) is 15.5 Å². The van der Waals surface area contributed by atoms with E-state index in [1.54, 1.807) is 12.1 Å². The number of nitrogens with one attached hydrogen (secondary N) is 2. The van der Waals surface area contributed by atoms with Gasteiger partial charge in [-0.2, -0.15) is 0 Å². The van der Waals surface area contributed by atoms with Crippen LogP contribution in [0.3, 0.4) is 0 Å². The summed E-state index contributed by atoms with van der Waals surface area (Å²) in [5, 5.41) is 23.3. The molecule has 0 saturated heterocycles. The molecule has 0 aliphatic rings. The van der Waals surface area contributed by atoms with Crippen molar-refractivity contribution in [3.8, 4) is 22.9 Å². The Morgan fingerprint density at radius 1 is 0.892 bits per heavy atom. The number of carbonyl (C=O) groups is 2. The number of benzene rings is 3. The van der Waals surface area contributed by atoms with Gasteiger partial charge in [0.15, 0.2) is 0 Å². The zero-order valence-electron chi connectivity index (χ0n) is 20.7. The number of carboxylic acid groups (broad SMARTS) is 1. The Bertz CT molecular complexity index is 1300. The first-order valence-electron chi connectivity index (χ1n) is 12.4. The molecule has 0 aliphatic heterocycles. The molecule has 0 aliphatic carbocycles. The smallest absolute Gasteiger partial charge is 0.305 e. The Kier molecular flexibility index (Phi) is 8.65. The van der Waals surface area contributed by atoms with Crippen LogP contribution in [-0.2, 0) is 4.79 Å². The van der Waals surface area contributed by atoms with Gasteiger partial charge in [-0.1, -0.05) is 50.1 Å². The first-order chi connectivity index (χ1) is 18.0. The molecule has 4 rings (SSSR count). The molecule has 0 radical (unpaired) electrons. The van der Waals surface area contributed by atoms with Crippen LogP contribution in [0.4, 0.5) is 5.69 Å². The maximum atomic E-state index is 12.3. The second-order valence-electron chi connectivity index (χ2n) is 8.72. The molecule has 190 valence electrons. The van der Waals surface area contributed by atoms with Gasteiger partial charge < -0.3 is 20.2 Å². The second kappa shape index (κ2) is 12.5. The van der Waals surface area contributed by atoms with Gasteiger partial charge in [-0.05, 0) is 60.5 Å². The third-order valence-corrected chi connectivity index (χ3v) is 5.96. The van der Waals surface area contributed by atoms with Gasteiger partial charge in [0.05, 0.1) is 12.5 Å². The molecule has 8 heteroatoms. The van der Waals surface area contributed by atoms with Gasteiger partial charge >= 0.3 is 5.97 Å². The van der Waals surface area contributed by atoms with Crippen LogP contribution in [0.25, 0.3) is 22.9 Å². The highest BCUT2D eigenvalue weighted by atomic mass is 16.4. The SMILES string of the molecule is CCCCC(Nc1ccc(-c2nnc(-c3ccccc3)o2)cc1)c1ccc(C(=O)NCCC(=O)O)cc1. The van der Waals surface area contributed by atoms with Crippen LogP contribution in [0.1, 0.15) is 54.6 Å². The van der Waals surface area contributed by atoms with Gasteiger partial charge in [0, 0.05) is 28.9 Å². The van der Waals surface area contributed by atoms with Crippen molar-refractivity contribution >= 4 is 17.6 Å². The Labute approximate surface area is 215 Å². The lowest BCUT2D eigenvalue weighted by molar-refractivity contribution is -0.136. The Morgan fingerprint density at radius 2 is 1.54 bits per heavy atom. The van der Waals surface area contributed by atoms with E-state index < -0.39 is 5.97 Å². The van der Waals surface area contributed by atoms with Crippen molar-refractivity contribution in [2.45, 2.75) is 38.6 Å². The standard InChI is InChI=1S/C29H30N4O4/c1-2-3-9-25(20-10-12-21(13-11-20)27(36)30-19-18-26(34)35)31-24-16-14-23(15-17-24)29-33-32-28(37-29)22-7-5-4-6-8-22/h4-8,10-17,25,31H,2-3,9,18-19H2,1H3,(H,30,36)(H,34,35). The van der Waals surface area contributed by atoms with Crippen LogP contribution in [0.5, 0.6) is 0 Å². The molecule has 0 bridgehead atoms. The van der Waals surface area contributed by atoms with Gasteiger partial charge in [0.25, 0.3) is 5.91 Å². The molecule has 8 nitrogen and oxygen atoms in total. The molecule has 1 amide bonds. The zero-order valence-corrected chi connectivity index (χ0v) is 20.7. The fourth-order valence-corrected chi connectivity index (χ4v) is 3.93. The Balaban J connectivity index is 1.43. The maximum Gasteiger partial charge on any atom is 0.305 e. The molecule has 4 aromatic rings. The number of carbonyl (C=O) groups excluding carboxylic acids is 1. The fraction of sp³-hybridized carbons (Fsp3) is 0.241. The van der Waals surface area contributed by atoms with Crippen LogP contribution in [0.15, 0.2) is 83.3 Å². The van der Waals surface area contributed by atoms with Crippen molar-refractivity contribution < 1.29 is 19.1 Å². The number of nitrogens with zero attached hydrogens (tertiary/aromatic N) is 2. The summed E-state index contributed by atoms with van der Waals surface area (Å²) in [6.45, 7) is 2.26. The number of carboxylic acids is 1. The predicted molar refractivity (Wildman–Crippen MR) is 142 cm³/mol. The molecule has 0 fully saturated rings. The Morgan fingerprint density at radius 3 is 2.16 bits per heavy atom. The summed E-state index contributed by atoms with van der Waals surface area (Å²) >= 11 is 0. The van der Waals surface area contributed by atoms with E-state index in [4.69, 9.17) is 9.52 Å². The normalized spacial score (nSPS) is 11.6. The number of rotatable bonds is 12. The first kappa shape index (κ1) is 25.6. The van der Waals surface area contributed by atoms with Crippen LogP contribution in [0.2, 0.25) is 0 Å². The van der Waals surface area contributed by atoms with E-state index in [0.717, 1.165) is 41.6 Å². The lowest BCUT2D eigenvalue weighted by Crippen LogP contribution is -2.26. The van der Waals surface area contributed by atoms with E-state index in [-0.39, 0.29) is 24.9 Å². The number of unbranched alkanes of at least 4 members (excludes halogenated alkanes) is 1. The molecular formula is C29H30N4O4. The minimum Gasteiger partial charge on any atom is -0.481 e. The van der Waals surface area contributed by atoms with Gasteiger partial charge in [0.1, 0.15) is 0 Å². The van der Waals surface area contributed by atoms with Crippen LogP contribution >= 0.6 is 0 Å². The third kappa shape index (κ3) is 7.04. The monoisotopic (exact) mass is 498 g/mol. The van der Waals surface area contributed by atoms with E-state index >= 15 is 0 Å². The number of aromatic nitrogens is 2. The van der Waals surface area contributed by atoms with Gasteiger partial charge in [-0.3, -0.25) is 9.59 Å². The van der Waals surface area contributed by atoms with Crippen LogP contribution in [-0.4, -0.2) is 33.7 Å². The average molecular weight is 499 g/mol. The number of amides is 1. The highest BCUT2D eigenvalue weighted by molar-refractivity contribution is 5.94. The lowest BCUT2D eigenvalue weighted by atomic mass is 9.99. The van der Waals surface area contributed by atoms with Crippen LogP contribution in [0, 0.1) is 0 Å². The molecular weight excluding hydrogens is 468 g/mol. The number of hydrogen-bond acceptors (Lipinski definition) is 6. The average Bonchev–Trinajstić information content (AvgIpc) is 3.42. The molecule has 37 heavy (non-hydrogen) atoms. The molecule has 0 spiro atoms. The largest absolute Gasteiger partial charge is 0.481 e. The van der Waals surface area contributed by atoms with Gasteiger partial charge in [-0.15, -0.1) is 10.2 Å². The topological polar surface area (TPSA) is 117 Å². The van der Waals surface area contributed by atoms with Crippen molar-refractivity contribution in [3.05, 3.63) is 90.0 Å². The summed E-state index contributed by atoms with van der Waals surface area (Å²) in [6.07, 6.45) is 2.96. The summed E-state index contributed by atoms with van der Waals surface area (Å²) in [5.74, 6) is -0.276.